The molecule has 3 aromatic carbocycles. The number of rotatable bonds is 9. The van der Waals surface area contributed by atoms with Crippen LogP contribution in [0.5, 0.6) is 0 Å². The molecule has 20 nitrogen and oxygen atoms in total. The summed E-state index contributed by atoms with van der Waals surface area (Å²) in [5.74, 6) is -0.391. The largest absolute Gasteiger partial charge is 1.00 e. The van der Waals surface area contributed by atoms with E-state index in [1.54, 1.807) is 0 Å². The fraction of sp³-hybridized carbons (Fsp3) is 0.0909. The van der Waals surface area contributed by atoms with Crippen molar-refractivity contribution in [2.45, 2.75) is 31.7 Å². The van der Waals surface area contributed by atoms with Crippen LogP contribution in [-0.2, 0) is 50.3 Å². The average Bonchev–Trinajstić information content (AvgIpc) is 2.91. The van der Waals surface area contributed by atoms with Crippen LogP contribution >= 0.6 is 11.6 Å². The standard InChI is InChI=1S/C22H19ClN6O14S5.4Na/c1-9-20(23)21(27-22(25-9)44(2,30)31)26-15-7-14(24)19(48(41,42)43)8-16(15)29-28-10-3-12-13(17(4-10)46(35,36)37)5-11(45(32,33)34)6-18(12)47(38,39)40;;;;/h3-8H,24H2,1-2H3,(H,25,26,27)(H,32,33,34)(H,35,36,37)(H,38,39,40)(H,41,42,43);;;;/q;4*+1/p-4. The zero-order valence-electron chi connectivity index (χ0n) is 27.5. The zero-order valence-corrected chi connectivity index (χ0v) is 40.3. The number of azo groups is 1. The molecule has 0 atom stereocenters. The number of aryl methyl sites for hydroxylation is 1. The molecule has 0 amide bonds. The van der Waals surface area contributed by atoms with E-state index in [4.69, 9.17) is 17.3 Å². The summed E-state index contributed by atoms with van der Waals surface area (Å²) in [5.41, 5.74) is 3.35. The maximum atomic E-state index is 12.1. The van der Waals surface area contributed by atoms with Gasteiger partial charge in [-0.25, -0.2) is 47.1 Å². The Bertz CT molecular complexity index is 2670. The van der Waals surface area contributed by atoms with E-state index in [0.29, 0.717) is 24.3 Å². The number of fused-ring (bicyclic) bond motifs is 1. The van der Waals surface area contributed by atoms with Gasteiger partial charge in [-0.3, -0.25) is 0 Å². The van der Waals surface area contributed by atoms with Crippen LogP contribution in [0.1, 0.15) is 5.69 Å². The topological polar surface area (TPSA) is 351 Å². The van der Waals surface area contributed by atoms with Crippen LogP contribution in [0.15, 0.2) is 71.4 Å². The second-order valence-corrected chi connectivity index (χ2v) is 17.2. The molecule has 0 aliphatic heterocycles. The van der Waals surface area contributed by atoms with Gasteiger partial charge in [0, 0.05) is 17.0 Å². The Hall–Kier alpha value is 0.0800. The molecule has 0 fully saturated rings. The summed E-state index contributed by atoms with van der Waals surface area (Å²) in [7, 11) is -26.1. The molecule has 4 aromatic rings. The zero-order chi connectivity index (χ0) is 36.4. The van der Waals surface area contributed by atoms with E-state index < -0.39 is 109 Å². The molecular weight excluding hydrogens is 860 g/mol. The van der Waals surface area contributed by atoms with E-state index in [1.165, 1.54) is 6.92 Å². The van der Waals surface area contributed by atoms with Crippen LogP contribution < -0.4 is 129 Å². The normalized spacial score (nSPS) is 12.3. The second-order valence-electron chi connectivity index (χ2n) is 9.54. The van der Waals surface area contributed by atoms with Crippen LogP contribution in [0.2, 0.25) is 5.02 Å². The first-order valence-corrected chi connectivity index (χ1v) is 19.9. The van der Waals surface area contributed by atoms with Gasteiger partial charge in [0.25, 0.3) is 0 Å². The molecule has 0 spiro atoms. The average molecular weight is 875 g/mol. The van der Waals surface area contributed by atoms with Gasteiger partial charge in [0.15, 0.2) is 5.82 Å². The summed E-state index contributed by atoms with van der Waals surface area (Å²) >= 11 is 6.21. The molecule has 3 N–H and O–H groups in total. The molecule has 0 saturated carbocycles. The predicted octanol–water partition coefficient (Wildman–Crippen LogP) is -10.6. The summed E-state index contributed by atoms with van der Waals surface area (Å²) in [6.07, 6.45) is 0.787. The number of hydrogen-bond donors (Lipinski definition) is 2. The number of nitrogens with two attached hydrogens (primary N) is 1. The minimum atomic E-state index is -5.66. The van der Waals surface area contributed by atoms with Gasteiger partial charge in [-0.1, -0.05) is 11.6 Å². The molecule has 0 radical (unpaired) electrons. The first-order valence-electron chi connectivity index (χ1n) is 12.0. The van der Waals surface area contributed by atoms with Gasteiger partial charge in [-0.2, -0.15) is 10.1 Å². The second kappa shape index (κ2) is 18.6. The fourth-order valence-electron chi connectivity index (χ4n) is 3.98. The van der Waals surface area contributed by atoms with E-state index >= 15 is 0 Å². The van der Waals surface area contributed by atoms with Crippen LogP contribution in [0.3, 0.4) is 0 Å². The number of nitrogen functional groups attached to an aromatic ring is 1. The van der Waals surface area contributed by atoms with Crippen molar-refractivity contribution in [2.75, 3.05) is 17.3 Å². The van der Waals surface area contributed by atoms with Gasteiger partial charge in [-0.15, -0.1) is 5.11 Å². The maximum absolute atomic E-state index is 12.1. The van der Waals surface area contributed by atoms with Crippen molar-refractivity contribution in [3.63, 3.8) is 0 Å². The van der Waals surface area contributed by atoms with Gasteiger partial charge in [0.05, 0.1) is 42.3 Å². The van der Waals surface area contributed by atoms with Crippen molar-refractivity contribution >= 4 is 101 Å². The molecule has 1 aromatic heterocycles. The SMILES string of the molecule is Cc1nc(S(C)(=O)=O)nc(Nc2cc(N)c(S(=O)(=O)[O-])cc2N=Nc2cc(S(=O)(=O)[O-])c3cc(S(=O)(=O)[O-])cc(S(=O)(=O)[O-])c3c2)c1Cl.[Na+].[Na+].[Na+].[Na+]. The first-order chi connectivity index (χ1) is 21.7. The Labute approximate surface area is 390 Å². The van der Waals surface area contributed by atoms with Crippen molar-refractivity contribution in [1.82, 2.24) is 9.97 Å². The van der Waals surface area contributed by atoms with Gasteiger partial charge in [-0.05, 0) is 43.3 Å². The van der Waals surface area contributed by atoms with Crippen molar-refractivity contribution in [2.24, 2.45) is 10.2 Å². The number of halogens is 1. The van der Waals surface area contributed by atoms with E-state index in [9.17, 15) is 60.3 Å². The number of aromatic nitrogens is 2. The van der Waals surface area contributed by atoms with Crippen molar-refractivity contribution < 1.29 is 179 Å². The summed E-state index contributed by atoms with van der Waals surface area (Å²) < 4.78 is 167. The molecule has 1 heterocycles. The van der Waals surface area contributed by atoms with E-state index in [0.717, 1.165) is 12.3 Å². The van der Waals surface area contributed by atoms with E-state index in [2.05, 4.69) is 25.5 Å². The van der Waals surface area contributed by atoms with Gasteiger partial charge < -0.3 is 29.3 Å². The molecule has 0 bridgehead atoms. The summed E-state index contributed by atoms with van der Waals surface area (Å²) in [5, 5.41) is 7.14. The number of sulfone groups is 1. The van der Waals surface area contributed by atoms with Crippen molar-refractivity contribution in [3.8, 4) is 0 Å². The Morgan fingerprint density at radius 2 is 1.17 bits per heavy atom. The number of nitrogens with one attached hydrogen (secondary N) is 1. The Morgan fingerprint density at radius 3 is 1.65 bits per heavy atom. The van der Waals surface area contributed by atoms with Crippen molar-refractivity contribution in [1.29, 1.82) is 0 Å². The predicted molar refractivity (Wildman–Crippen MR) is 159 cm³/mol. The number of nitrogens with zero attached hydrogens (tertiary/aromatic N) is 4. The van der Waals surface area contributed by atoms with E-state index in [1.807, 2.05) is 0 Å². The van der Waals surface area contributed by atoms with Gasteiger partial charge in [0.1, 0.15) is 51.2 Å². The summed E-state index contributed by atoms with van der Waals surface area (Å²) in [4.78, 5) is 2.38. The molecule has 4 rings (SSSR count). The van der Waals surface area contributed by atoms with Crippen LogP contribution in [0, 0.1) is 6.92 Å². The smallest absolute Gasteiger partial charge is 0.744 e. The number of benzene rings is 3. The molecule has 0 aliphatic carbocycles. The molecule has 30 heteroatoms. The monoisotopic (exact) mass is 874 g/mol. The minimum absolute atomic E-state index is 0. The van der Waals surface area contributed by atoms with Crippen LogP contribution in [0.25, 0.3) is 10.8 Å². The molecule has 0 unspecified atom stereocenters. The number of anilines is 3. The summed E-state index contributed by atoms with van der Waals surface area (Å²) in [6, 6.07) is 3.01. The molecular formula is C22H15ClN6Na4O14S5. The summed E-state index contributed by atoms with van der Waals surface area (Å²) in [6.45, 7) is 1.32. The Balaban J connectivity index is 0.00000650. The van der Waals surface area contributed by atoms with Gasteiger partial charge in [0.2, 0.25) is 15.0 Å². The maximum Gasteiger partial charge on any atom is 1.00 e. The Kier molecular flexibility index (Phi) is 18.6. The van der Waals surface area contributed by atoms with Crippen molar-refractivity contribution in [3.05, 3.63) is 47.1 Å². The molecule has 52 heavy (non-hydrogen) atoms. The molecule has 0 aliphatic rings. The first kappa shape index (κ1) is 52.1. The number of hydrogen-bond acceptors (Lipinski definition) is 20. The molecule has 258 valence electrons. The van der Waals surface area contributed by atoms with Crippen LogP contribution in [-0.4, -0.2) is 76.5 Å². The fourth-order valence-corrected chi connectivity index (χ4v) is 7.29. The van der Waals surface area contributed by atoms with E-state index in [-0.39, 0.29) is 141 Å². The third kappa shape index (κ3) is 12.3. The van der Waals surface area contributed by atoms with Crippen LogP contribution in [0.4, 0.5) is 28.6 Å². The minimum Gasteiger partial charge on any atom is -0.744 e. The quantitative estimate of drug-likeness (QED) is 0.0518. The third-order valence-electron chi connectivity index (χ3n) is 6.03. The van der Waals surface area contributed by atoms with Gasteiger partial charge >= 0.3 is 118 Å². The third-order valence-corrected chi connectivity index (χ3v) is 10.8. The molecule has 0 saturated heterocycles. The Morgan fingerprint density at radius 1 is 0.673 bits per heavy atom.